The molecule has 0 saturated heterocycles. The van der Waals surface area contributed by atoms with Gasteiger partial charge in [-0.15, -0.1) is 0 Å². The summed E-state index contributed by atoms with van der Waals surface area (Å²) in [7, 11) is 0. The second kappa shape index (κ2) is 6.09. The third-order valence-corrected chi connectivity index (χ3v) is 4.97. The van der Waals surface area contributed by atoms with Gasteiger partial charge in [0.05, 0.1) is 6.04 Å². The molecule has 0 bridgehead atoms. The van der Waals surface area contributed by atoms with Crippen LogP contribution in [0.3, 0.4) is 0 Å². The Morgan fingerprint density at radius 3 is 2.48 bits per heavy atom. The normalized spacial score (nSPS) is 24.6. The standard InChI is InChI=1S/C17H26N2O2/c1-4-10-17(2,3)19-14(12-8-6-5-7-9-12)15(20)13(11-18)16(19)21/h12,14,20H,4-10H2,1-3H3. The maximum absolute atomic E-state index is 12.6. The van der Waals surface area contributed by atoms with Gasteiger partial charge in [0.15, 0.2) is 5.57 Å². The van der Waals surface area contributed by atoms with Crippen LogP contribution in [0.1, 0.15) is 65.7 Å². The van der Waals surface area contributed by atoms with Gasteiger partial charge in [0, 0.05) is 5.54 Å². The molecule has 1 saturated carbocycles. The number of carbonyl (C=O) groups is 1. The molecule has 1 aliphatic carbocycles. The molecule has 21 heavy (non-hydrogen) atoms. The number of hydrogen-bond donors (Lipinski definition) is 1. The quantitative estimate of drug-likeness (QED) is 0.858. The van der Waals surface area contributed by atoms with Crippen molar-refractivity contribution >= 4 is 5.91 Å². The summed E-state index contributed by atoms with van der Waals surface area (Å²) in [6.07, 6.45) is 7.41. The summed E-state index contributed by atoms with van der Waals surface area (Å²) in [6, 6.07) is 1.62. The molecule has 0 aromatic carbocycles. The van der Waals surface area contributed by atoms with Crippen LogP contribution in [-0.2, 0) is 4.79 Å². The molecule has 4 heteroatoms. The summed E-state index contributed by atoms with van der Waals surface area (Å²) in [5.41, 5.74) is -0.379. The van der Waals surface area contributed by atoms with Crippen molar-refractivity contribution in [2.24, 2.45) is 5.92 Å². The Morgan fingerprint density at radius 1 is 1.33 bits per heavy atom. The van der Waals surface area contributed by atoms with E-state index in [0.29, 0.717) is 0 Å². The van der Waals surface area contributed by atoms with Crippen LogP contribution in [0.5, 0.6) is 0 Å². The number of amides is 1. The van der Waals surface area contributed by atoms with Crippen molar-refractivity contribution in [1.29, 1.82) is 5.26 Å². The predicted molar refractivity (Wildman–Crippen MR) is 81.5 cm³/mol. The first-order valence-electron chi connectivity index (χ1n) is 8.11. The number of nitrogens with zero attached hydrogens (tertiary/aromatic N) is 2. The largest absolute Gasteiger partial charge is 0.508 e. The summed E-state index contributed by atoms with van der Waals surface area (Å²) >= 11 is 0. The van der Waals surface area contributed by atoms with Crippen molar-refractivity contribution in [1.82, 2.24) is 4.90 Å². The number of aliphatic hydroxyl groups is 1. The maximum Gasteiger partial charge on any atom is 0.269 e. The van der Waals surface area contributed by atoms with E-state index in [0.717, 1.165) is 38.5 Å². The van der Waals surface area contributed by atoms with Crippen LogP contribution in [-0.4, -0.2) is 27.5 Å². The molecule has 0 aromatic rings. The van der Waals surface area contributed by atoms with Crippen LogP contribution in [0.4, 0.5) is 0 Å². The Hall–Kier alpha value is -1.50. The number of hydrogen-bond acceptors (Lipinski definition) is 3. The van der Waals surface area contributed by atoms with E-state index in [2.05, 4.69) is 6.92 Å². The van der Waals surface area contributed by atoms with E-state index in [-0.39, 0.29) is 34.7 Å². The Kier molecular flexibility index (Phi) is 4.61. The van der Waals surface area contributed by atoms with Gasteiger partial charge in [0.1, 0.15) is 11.8 Å². The zero-order valence-electron chi connectivity index (χ0n) is 13.4. The Bertz CT molecular complexity index is 482. The minimum Gasteiger partial charge on any atom is -0.508 e. The molecule has 1 unspecified atom stereocenters. The van der Waals surface area contributed by atoms with Gasteiger partial charge in [0.25, 0.3) is 5.91 Å². The molecule has 0 radical (unpaired) electrons. The van der Waals surface area contributed by atoms with Crippen LogP contribution in [0.25, 0.3) is 0 Å². The monoisotopic (exact) mass is 290 g/mol. The number of carbonyl (C=O) groups excluding carboxylic acids is 1. The average Bonchev–Trinajstić information content (AvgIpc) is 2.71. The summed E-state index contributed by atoms with van der Waals surface area (Å²) < 4.78 is 0. The zero-order valence-corrected chi connectivity index (χ0v) is 13.4. The van der Waals surface area contributed by atoms with E-state index in [1.54, 1.807) is 4.90 Å². The van der Waals surface area contributed by atoms with Gasteiger partial charge in [-0.1, -0.05) is 32.6 Å². The summed E-state index contributed by atoms with van der Waals surface area (Å²) in [4.78, 5) is 14.4. The van der Waals surface area contributed by atoms with Crippen LogP contribution in [0.2, 0.25) is 0 Å². The van der Waals surface area contributed by atoms with Gasteiger partial charge < -0.3 is 10.0 Å². The summed E-state index contributed by atoms with van der Waals surface area (Å²) in [5, 5.41) is 19.7. The molecule has 1 N–H and O–H groups in total. The van der Waals surface area contributed by atoms with Gasteiger partial charge >= 0.3 is 0 Å². The van der Waals surface area contributed by atoms with Gasteiger partial charge in [-0.3, -0.25) is 4.79 Å². The summed E-state index contributed by atoms with van der Waals surface area (Å²) in [5.74, 6) is 0.00674. The molecule has 0 spiro atoms. The zero-order chi connectivity index (χ0) is 15.6. The fraction of sp³-hybridized carbons (Fsp3) is 0.765. The lowest BCUT2D eigenvalue weighted by Crippen LogP contribution is -2.53. The Balaban J connectivity index is 2.37. The van der Waals surface area contributed by atoms with Crippen molar-refractivity contribution in [2.75, 3.05) is 0 Å². The fourth-order valence-electron chi connectivity index (χ4n) is 4.00. The minimum atomic E-state index is -0.333. The van der Waals surface area contributed by atoms with Gasteiger partial charge in [-0.2, -0.15) is 5.26 Å². The molecule has 116 valence electrons. The van der Waals surface area contributed by atoms with Crippen LogP contribution >= 0.6 is 0 Å². The maximum atomic E-state index is 12.6. The minimum absolute atomic E-state index is 0.0126. The number of aliphatic hydroxyl groups excluding tert-OH is 1. The van der Waals surface area contributed by atoms with E-state index in [1.165, 1.54) is 6.42 Å². The highest BCUT2D eigenvalue weighted by Crippen LogP contribution is 2.41. The Labute approximate surface area is 127 Å². The lowest BCUT2D eigenvalue weighted by Gasteiger charge is -2.43. The molecule has 1 aliphatic heterocycles. The highest BCUT2D eigenvalue weighted by molar-refractivity contribution is 6.01. The molecule has 2 aliphatic rings. The van der Waals surface area contributed by atoms with Crippen molar-refractivity contribution in [3.63, 3.8) is 0 Å². The van der Waals surface area contributed by atoms with Gasteiger partial charge in [-0.25, -0.2) is 0 Å². The molecule has 1 heterocycles. The van der Waals surface area contributed by atoms with E-state index in [4.69, 9.17) is 0 Å². The molecular formula is C17H26N2O2. The average molecular weight is 290 g/mol. The van der Waals surface area contributed by atoms with Gasteiger partial charge in [0.2, 0.25) is 0 Å². The third-order valence-electron chi connectivity index (χ3n) is 4.97. The lowest BCUT2D eigenvalue weighted by molar-refractivity contribution is -0.134. The molecular weight excluding hydrogens is 264 g/mol. The van der Waals surface area contributed by atoms with Crippen LogP contribution in [0.15, 0.2) is 11.3 Å². The molecule has 2 rings (SSSR count). The molecule has 1 amide bonds. The van der Waals surface area contributed by atoms with E-state index in [1.807, 2.05) is 19.9 Å². The number of rotatable bonds is 4. The van der Waals surface area contributed by atoms with Crippen LogP contribution in [0, 0.1) is 17.2 Å². The van der Waals surface area contributed by atoms with Crippen molar-refractivity contribution in [2.45, 2.75) is 77.3 Å². The first-order chi connectivity index (χ1) is 9.94. The van der Waals surface area contributed by atoms with Crippen LogP contribution < -0.4 is 0 Å². The second-order valence-electron chi connectivity index (χ2n) is 6.95. The molecule has 0 aromatic heterocycles. The van der Waals surface area contributed by atoms with Crippen molar-refractivity contribution < 1.29 is 9.90 Å². The second-order valence-corrected chi connectivity index (χ2v) is 6.95. The lowest BCUT2D eigenvalue weighted by atomic mass is 9.81. The van der Waals surface area contributed by atoms with E-state index in [9.17, 15) is 15.2 Å². The third kappa shape index (κ3) is 2.79. The van der Waals surface area contributed by atoms with Crippen molar-refractivity contribution in [3.05, 3.63) is 11.3 Å². The fourth-order valence-corrected chi connectivity index (χ4v) is 4.00. The topological polar surface area (TPSA) is 64.3 Å². The van der Waals surface area contributed by atoms with Crippen molar-refractivity contribution in [3.8, 4) is 6.07 Å². The number of nitriles is 1. The van der Waals surface area contributed by atoms with E-state index < -0.39 is 0 Å². The Morgan fingerprint density at radius 2 is 1.95 bits per heavy atom. The van der Waals surface area contributed by atoms with Gasteiger partial charge in [-0.05, 0) is 39.0 Å². The molecule has 4 nitrogen and oxygen atoms in total. The van der Waals surface area contributed by atoms with E-state index >= 15 is 0 Å². The molecule has 1 atom stereocenters. The first-order valence-corrected chi connectivity index (χ1v) is 8.11. The summed E-state index contributed by atoms with van der Waals surface area (Å²) in [6.45, 7) is 6.17. The molecule has 1 fully saturated rings. The SMILES string of the molecule is CCCC(C)(C)N1C(=O)C(C#N)=C(O)C1C1CCCCC1. The highest BCUT2D eigenvalue weighted by Gasteiger charge is 2.49. The first kappa shape index (κ1) is 15.9. The highest BCUT2D eigenvalue weighted by atomic mass is 16.3. The smallest absolute Gasteiger partial charge is 0.269 e. The predicted octanol–water partition coefficient (Wildman–Crippen LogP) is 3.69.